The summed E-state index contributed by atoms with van der Waals surface area (Å²) in [5.41, 5.74) is 1.10. The first kappa shape index (κ1) is 13.7. The molecular weight excluding hydrogens is 310 g/mol. The van der Waals surface area contributed by atoms with Crippen LogP contribution in [0.4, 0.5) is 0 Å². The number of nitrogens with zero attached hydrogens (tertiary/aromatic N) is 2. The minimum absolute atomic E-state index is 0.204. The van der Waals surface area contributed by atoms with Gasteiger partial charge in [0.05, 0.1) is 4.88 Å². The molecule has 0 spiro atoms. The van der Waals surface area contributed by atoms with Crippen LogP contribution in [0.25, 0.3) is 10.7 Å². The van der Waals surface area contributed by atoms with E-state index in [9.17, 15) is 0 Å². The van der Waals surface area contributed by atoms with Crippen LogP contribution >= 0.6 is 34.7 Å². The van der Waals surface area contributed by atoms with Crippen LogP contribution in [0.2, 0.25) is 5.02 Å². The highest BCUT2D eigenvalue weighted by Gasteiger charge is 2.14. The minimum Gasteiger partial charge on any atom is -0.257 e. The fourth-order valence-electron chi connectivity index (χ4n) is 1.85. The van der Waals surface area contributed by atoms with E-state index in [1.807, 2.05) is 41.8 Å². The van der Waals surface area contributed by atoms with Crippen molar-refractivity contribution >= 4 is 34.7 Å². The van der Waals surface area contributed by atoms with Crippen molar-refractivity contribution in [2.45, 2.75) is 17.3 Å². The van der Waals surface area contributed by atoms with Crippen LogP contribution in [0.1, 0.15) is 17.7 Å². The zero-order valence-corrected chi connectivity index (χ0v) is 13.1. The smallest absolute Gasteiger partial charge is 0.209 e. The van der Waals surface area contributed by atoms with Gasteiger partial charge in [-0.3, -0.25) is 5.10 Å². The fourth-order valence-corrected chi connectivity index (χ4v) is 3.77. The van der Waals surface area contributed by atoms with E-state index >= 15 is 0 Å². The van der Waals surface area contributed by atoms with Crippen LogP contribution < -0.4 is 0 Å². The summed E-state index contributed by atoms with van der Waals surface area (Å²) in [7, 11) is 0. The fraction of sp³-hybridized carbons (Fsp3) is 0.143. The molecule has 2 aromatic heterocycles. The Kier molecular flexibility index (Phi) is 4.10. The van der Waals surface area contributed by atoms with E-state index < -0.39 is 0 Å². The first-order chi connectivity index (χ1) is 9.74. The maximum atomic E-state index is 6.21. The molecule has 0 bridgehead atoms. The minimum atomic E-state index is 0.204. The lowest BCUT2D eigenvalue weighted by Crippen LogP contribution is -1.90. The average Bonchev–Trinajstić information content (AvgIpc) is 3.09. The highest BCUT2D eigenvalue weighted by molar-refractivity contribution is 7.99. The van der Waals surface area contributed by atoms with Crippen LogP contribution in [-0.4, -0.2) is 15.2 Å². The van der Waals surface area contributed by atoms with Crippen molar-refractivity contribution in [3.8, 4) is 10.7 Å². The predicted molar refractivity (Wildman–Crippen MR) is 85.4 cm³/mol. The summed E-state index contributed by atoms with van der Waals surface area (Å²) in [5, 5.41) is 11.0. The van der Waals surface area contributed by atoms with Gasteiger partial charge in [-0.15, -0.1) is 16.4 Å². The Labute approximate surface area is 130 Å². The summed E-state index contributed by atoms with van der Waals surface area (Å²) in [6.45, 7) is 2.10. The number of benzene rings is 1. The molecule has 102 valence electrons. The van der Waals surface area contributed by atoms with Gasteiger partial charge in [-0.25, -0.2) is 4.98 Å². The molecule has 0 unspecified atom stereocenters. The second-order valence-corrected chi connectivity index (χ2v) is 6.89. The molecule has 1 N–H and O–H groups in total. The quantitative estimate of drug-likeness (QED) is 0.684. The van der Waals surface area contributed by atoms with Crippen LogP contribution in [0, 0.1) is 0 Å². The van der Waals surface area contributed by atoms with Crippen molar-refractivity contribution in [2.24, 2.45) is 0 Å². The second-order valence-electron chi connectivity index (χ2n) is 4.23. The molecule has 0 amide bonds. The van der Waals surface area contributed by atoms with Crippen LogP contribution in [0.3, 0.4) is 0 Å². The zero-order valence-electron chi connectivity index (χ0n) is 10.7. The summed E-state index contributed by atoms with van der Waals surface area (Å²) < 4.78 is 0. The third-order valence-corrected chi connectivity index (χ3v) is 5.07. The highest BCUT2D eigenvalue weighted by atomic mass is 35.5. The van der Waals surface area contributed by atoms with E-state index in [4.69, 9.17) is 11.6 Å². The summed E-state index contributed by atoms with van der Waals surface area (Å²) >= 11 is 9.45. The third-order valence-electron chi connectivity index (χ3n) is 2.84. The number of hydrogen-bond acceptors (Lipinski definition) is 4. The number of thioether (sulfide) groups is 1. The van der Waals surface area contributed by atoms with Gasteiger partial charge in [0.1, 0.15) is 0 Å². The predicted octanol–water partition coefficient (Wildman–Crippen LogP) is 5.04. The number of aromatic amines is 1. The van der Waals surface area contributed by atoms with Crippen LogP contribution in [0.15, 0.2) is 46.9 Å². The highest BCUT2D eigenvalue weighted by Crippen LogP contribution is 2.36. The normalized spacial score (nSPS) is 12.5. The van der Waals surface area contributed by atoms with Gasteiger partial charge in [-0.05, 0) is 30.0 Å². The van der Waals surface area contributed by atoms with E-state index in [0.29, 0.717) is 0 Å². The van der Waals surface area contributed by atoms with Gasteiger partial charge < -0.3 is 0 Å². The van der Waals surface area contributed by atoms with Gasteiger partial charge in [-0.1, -0.05) is 47.6 Å². The molecule has 0 saturated carbocycles. The van der Waals surface area contributed by atoms with E-state index in [1.165, 1.54) is 0 Å². The number of rotatable bonds is 4. The average molecular weight is 322 g/mol. The van der Waals surface area contributed by atoms with Gasteiger partial charge >= 0.3 is 0 Å². The Morgan fingerprint density at radius 2 is 2.10 bits per heavy atom. The lowest BCUT2D eigenvalue weighted by molar-refractivity contribution is 0.960. The molecular formula is C14H12ClN3S2. The molecule has 0 fully saturated rings. The van der Waals surface area contributed by atoms with Crippen molar-refractivity contribution in [1.29, 1.82) is 0 Å². The van der Waals surface area contributed by atoms with Gasteiger partial charge in [0.15, 0.2) is 5.82 Å². The van der Waals surface area contributed by atoms with Crippen molar-refractivity contribution in [3.63, 3.8) is 0 Å². The van der Waals surface area contributed by atoms with Crippen molar-refractivity contribution in [3.05, 3.63) is 52.4 Å². The van der Waals surface area contributed by atoms with E-state index in [2.05, 4.69) is 22.1 Å². The summed E-state index contributed by atoms with van der Waals surface area (Å²) in [6.07, 6.45) is 0. The molecule has 1 aromatic carbocycles. The Balaban J connectivity index is 1.77. The molecule has 3 aromatic rings. The first-order valence-electron chi connectivity index (χ1n) is 6.11. The maximum Gasteiger partial charge on any atom is 0.209 e. The molecule has 0 aliphatic carbocycles. The second kappa shape index (κ2) is 5.99. The molecule has 0 radical (unpaired) electrons. The van der Waals surface area contributed by atoms with E-state index in [-0.39, 0.29) is 5.25 Å². The maximum absolute atomic E-state index is 6.21. The Morgan fingerprint density at radius 3 is 2.85 bits per heavy atom. The third kappa shape index (κ3) is 2.90. The SMILES string of the molecule is C[C@H](Sc1n[nH]c(-c2cccs2)n1)c1ccccc1Cl. The van der Waals surface area contributed by atoms with Crippen molar-refractivity contribution < 1.29 is 0 Å². The number of aromatic nitrogens is 3. The van der Waals surface area contributed by atoms with Gasteiger partial charge in [0.25, 0.3) is 0 Å². The molecule has 0 aliphatic heterocycles. The van der Waals surface area contributed by atoms with Crippen LogP contribution in [0.5, 0.6) is 0 Å². The molecule has 2 heterocycles. The summed E-state index contributed by atoms with van der Waals surface area (Å²) in [4.78, 5) is 5.60. The number of H-pyrrole nitrogens is 1. The Bertz CT molecular complexity index is 694. The molecule has 1 atom stereocenters. The largest absolute Gasteiger partial charge is 0.257 e. The molecule has 3 rings (SSSR count). The Hall–Kier alpha value is -1.30. The lowest BCUT2D eigenvalue weighted by atomic mass is 10.2. The van der Waals surface area contributed by atoms with E-state index in [1.54, 1.807) is 23.1 Å². The summed E-state index contributed by atoms with van der Waals surface area (Å²) in [5.74, 6) is 0.814. The number of thiophene rings is 1. The molecule has 20 heavy (non-hydrogen) atoms. The topological polar surface area (TPSA) is 41.6 Å². The first-order valence-corrected chi connectivity index (χ1v) is 8.25. The van der Waals surface area contributed by atoms with Crippen molar-refractivity contribution in [1.82, 2.24) is 15.2 Å². The molecule has 0 saturated heterocycles. The zero-order chi connectivity index (χ0) is 13.9. The monoisotopic (exact) mass is 321 g/mol. The van der Waals surface area contributed by atoms with Crippen molar-refractivity contribution in [2.75, 3.05) is 0 Å². The Morgan fingerprint density at radius 1 is 1.25 bits per heavy atom. The van der Waals surface area contributed by atoms with Gasteiger partial charge in [0, 0.05) is 10.3 Å². The standard InChI is InChI=1S/C14H12ClN3S2/c1-9(10-5-2-3-6-11(10)15)20-14-16-13(17-18-14)12-7-4-8-19-12/h2-9H,1H3,(H,16,17,18)/t9-/m0/s1. The lowest BCUT2D eigenvalue weighted by Gasteiger charge is -2.10. The van der Waals surface area contributed by atoms with Gasteiger partial charge in [-0.2, -0.15) is 0 Å². The number of hydrogen-bond donors (Lipinski definition) is 1. The number of nitrogens with one attached hydrogen (secondary N) is 1. The van der Waals surface area contributed by atoms with Gasteiger partial charge in [0.2, 0.25) is 5.16 Å². The number of halogens is 1. The molecule has 3 nitrogen and oxygen atoms in total. The molecule has 6 heteroatoms. The van der Waals surface area contributed by atoms with Crippen LogP contribution in [-0.2, 0) is 0 Å². The molecule has 0 aliphatic rings. The van der Waals surface area contributed by atoms with E-state index in [0.717, 1.165) is 26.4 Å². The summed E-state index contributed by atoms with van der Waals surface area (Å²) in [6, 6.07) is 11.9.